The van der Waals surface area contributed by atoms with E-state index in [9.17, 15) is 36.3 Å². The zero-order valence-corrected chi connectivity index (χ0v) is 25.6. The molecule has 3 heterocycles. The maximum absolute atomic E-state index is 14.0. The van der Waals surface area contributed by atoms with Crippen LogP contribution in [0, 0.1) is 0 Å². The minimum atomic E-state index is -4.79. The van der Waals surface area contributed by atoms with Gasteiger partial charge in [-0.2, -0.15) is 40.8 Å². The molecule has 234 valence electrons. The minimum Gasteiger partial charge on any atom is -0.492 e. The van der Waals surface area contributed by atoms with E-state index in [1.165, 1.54) is 31.5 Å². The molecule has 1 N–H and O–H groups in total. The molecule has 0 bridgehead atoms. The number of rotatable bonds is 7. The summed E-state index contributed by atoms with van der Waals surface area (Å²) < 4.78 is 76.2. The maximum Gasteiger partial charge on any atom is 0.416 e. The van der Waals surface area contributed by atoms with E-state index in [1.807, 2.05) is 0 Å². The van der Waals surface area contributed by atoms with Gasteiger partial charge in [0.15, 0.2) is 0 Å². The molecule has 0 unspecified atom stereocenters. The van der Waals surface area contributed by atoms with Crippen LogP contribution in [0.4, 0.5) is 13.2 Å². The average molecular weight is 672 g/mol. The van der Waals surface area contributed by atoms with Crippen molar-refractivity contribution in [3.63, 3.8) is 0 Å². The highest BCUT2D eigenvalue weighted by molar-refractivity contribution is 7.90. The molecule has 5 rings (SSSR count). The van der Waals surface area contributed by atoms with Gasteiger partial charge in [-0.25, -0.2) is 0 Å². The van der Waals surface area contributed by atoms with Gasteiger partial charge >= 0.3 is 21.3 Å². The molecule has 0 radical (unpaired) electrons. The lowest BCUT2D eigenvalue weighted by molar-refractivity contribution is -0.138. The van der Waals surface area contributed by atoms with Crippen molar-refractivity contribution in [2.24, 2.45) is 10.2 Å². The van der Waals surface area contributed by atoms with Crippen LogP contribution in [-0.2, 0) is 32.3 Å². The fraction of sp³-hybridized carbons (Fsp3) is 0.333. The first-order chi connectivity index (χ1) is 20.7. The second-order valence-electron chi connectivity index (χ2n) is 10.0. The van der Waals surface area contributed by atoms with Crippen LogP contribution < -0.4 is 19.9 Å². The molecule has 17 heteroatoms. The molecule has 1 fully saturated rings. The largest absolute Gasteiger partial charge is 0.492 e. The Balaban J connectivity index is 1.69. The second-order valence-corrected chi connectivity index (χ2v) is 13.2. The summed E-state index contributed by atoms with van der Waals surface area (Å²) in [5.74, 6) is -2.02. The third-order valence-electron chi connectivity index (χ3n) is 7.25. The Hall–Kier alpha value is -3.57. The molecule has 3 aromatic rings. The summed E-state index contributed by atoms with van der Waals surface area (Å²) in [7, 11) is -3.16. The molecule has 0 spiro atoms. The van der Waals surface area contributed by atoms with E-state index >= 15 is 0 Å². The van der Waals surface area contributed by atoms with Crippen molar-refractivity contribution in [1.82, 2.24) is 8.98 Å². The molecule has 2 aromatic carbocycles. The lowest BCUT2D eigenvalue weighted by Gasteiger charge is -2.33. The molecule has 44 heavy (non-hydrogen) atoms. The van der Waals surface area contributed by atoms with E-state index in [4.69, 9.17) is 16.3 Å². The number of fused-ring (bicyclic) bond motifs is 1. The number of amides is 1. The fourth-order valence-electron chi connectivity index (χ4n) is 5.09. The number of aromatic hydroxyl groups is 1. The van der Waals surface area contributed by atoms with Gasteiger partial charge in [0.2, 0.25) is 5.88 Å². The molecule has 0 aliphatic carbocycles. The van der Waals surface area contributed by atoms with Crippen molar-refractivity contribution in [2.75, 3.05) is 24.6 Å². The fourth-order valence-corrected chi connectivity index (χ4v) is 7.81. The van der Waals surface area contributed by atoms with E-state index in [0.717, 1.165) is 17.3 Å². The number of hydrogen-bond acceptors (Lipinski definition) is 9. The summed E-state index contributed by atoms with van der Waals surface area (Å²) in [4.78, 5) is 24.8. The quantitative estimate of drug-likeness (QED) is 0.411. The van der Waals surface area contributed by atoms with Crippen molar-refractivity contribution in [3.8, 4) is 5.88 Å². The Morgan fingerprint density at radius 2 is 1.91 bits per heavy atom. The maximum atomic E-state index is 14.0. The highest BCUT2D eigenvalue weighted by Crippen LogP contribution is 2.37. The van der Waals surface area contributed by atoms with Gasteiger partial charge in [0.25, 0.3) is 5.91 Å². The number of ether oxygens (including phenoxy) is 1. The lowest BCUT2D eigenvalue weighted by Crippen LogP contribution is -2.55. The number of halogens is 4. The van der Waals surface area contributed by atoms with Crippen LogP contribution in [-0.4, -0.2) is 60.9 Å². The Morgan fingerprint density at radius 3 is 2.55 bits per heavy atom. The Bertz CT molecular complexity index is 1950. The van der Waals surface area contributed by atoms with Gasteiger partial charge in [0, 0.05) is 44.1 Å². The van der Waals surface area contributed by atoms with Gasteiger partial charge in [-0.05, 0) is 53.5 Å². The van der Waals surface area contributed by atoms with E-state index in [0.29, 0.717) is 45.0 Å². The number of alkyl halides is 3. The predicted octanol–water partition coefficient (Wildman–Crippen LogP) is 2.54. The number of benzene rings is 2. The first kappa shape index (κ1) is 31.8. The molecule has 2 aliphatic rings. The average Bonchev–Trinajstić information content (AvgIpc) is 3.55. The van der Waals surface area contributed by atoms with E-state index < -0.39 is 45.0 Å². The normalized spacial score (nSPS) is 16.5. The van der Waals surface area contributed by atoms with Crippen LogP contribution in [0.5, 0.6) is 5.88 Å². The number of piperidine rings is 1. The number of nitrogens with zero attached hydrogens (tertiary/aromatic N) is 5. The van der Waals surface area contributed by atoms with Gasteiger partial charge in [0.1, 0.15) is 0 Å². The standard InChI is InChI=1S/C27H25ClF3N5O6S2/c1-15(37)36(44(40,41)34-9-7-20(42-2)8-10-34)35-25(38)24(43-26(35)39)21(16-4-6-23-18(11-16)14-32-33-23)12-17-3-5-19(28)13-22(17)27(29,30)31/h3-6,11,13-14,20,38H,7-10,12H2,1-2H3. The molecule has 1 saturated heterocycles. The Kier molecular flexibility index (Phi) is 8.74. The predicted molar refractivity (Wildman–Crippen MR) is 157 cm³/mol. The molecule has 0 saturated carbocycles. The molecule has 11 nitrogen and oxygen atoms in total. The summed E-state index contributed by atoms with van der Waals surface area (Å²) >= 11 is 6.26. The highest BCUT2D eigenvalue weighted by atomic mass is 35.5. The number of aromatic nitrogens is 1. The third-order valence-corrected chi connectivity index (χ3v) is 10.3. The van der Waals surface area contributed by atoms with Crippen LogP contribution >= 0.6 is 22.9 Å². The van der Waals surface area contributed by atoms with Crippen LogP contribution in [0.15, 0.2) is 51.4 Å². The summed E-state index contributed by atoms with van der Waals surface area (Å²) in [6.07, 6.45) is -3.31. The van der Waals surface area contributed by atoms with Crippen molar-refractivity contribution >= 4 is 50.8 Å². The van der Waals surface area contributed by atoms with Crippen molar-refractivity contribution < 1.29 is 36.2 Å². The highest BCUT2D eigenvalue weighted by Gasteiger charge is 2.39. The number of hydrogen-bond donors (Lipinski definition) is 1. The number of methoxy groups -OCH3 is 1. The molecule has 1 amide bonds. The van der Waals surface area contributed by atoms with Gasteiger partial charge in [0.05, 0.1) is 28.1 Å². The van der Waals surface area contributed by atoms with E-state index in [-0.39, 0.29) is 44.6 Å². The number of carbonyl (C=O) groups excluding carboxylic acids is 1. The molecule has 0 atom stereocenters. The van der Waals surface area contributed by atoms with E-state index in [2.05, 4.69) is 10.2 Å². The van der Waals surface area contributed by atoms with Crippen LogP contribution in [0.2, 0.25) is 5.02 Å². The zero-order valence-electron chi connectivity index (χ0n) is 23.2. The van der Waals surface area contributed by atoms with Gasteiger partial charge in [-0.15, -0.1) is 4.41 Å². The first-order valence-corrected chi connectivity index (χ1v) is 15.7. The number of carbonyl (C=O) groups is 1. The van der Waals surface area contributed by atoms with Crippen molar-refractivity contribution in [1.29, 1.82) is 0 Å². The van der Waals surface area contributed by atoms with Crippen LogP contribution in [0.1, 0.15) is 41.3 Å². The summed E-state index contributed by atoms with van der Waals surface area (Å²) in [6, 6.07) is 7.90. The topological polar surface area (TPSA) is 134 Å². The number of thiazole rings is 1. The Morgan fingerprint density at radius 1 is 1.20 bits per heavy atom. The smallest absolute Gasteiger partial charge is 0.416 e. The van der Waals surface area contributed by atoms with Gasteiger partial charge in [-0.3, -0.25) is 9.59 Å². The molecular weight excluding hydrogens is 647 g/mol. The van der Waals surface area contributed by atoms with Crippen molar-refractivity contribution in [3.05, 3.63) is 83.2 Å². The van der Waals surface area contributed by atoms with Gasteiger partial charge < -0.3 is 9.84 Å². The SMILES string of the molecule is COC1CCN(S(=O)(=O)N(C(C)=O)n2c(O)c(C(Cc3ccc(Cl)cc3C(F)(F)F)=c3ccc4c(c3)C=NN=4)sc2=O)CC1. The summed E-state index contributed by atoms with van der Waals surface area (Å²) in [5, 5.41) is 19.8. The second kappa shape index (κ2) is 12.1. The van der Waals surface area contributed by atoms with E-state index in [1.54, 1.807) is 12.1 Å². The van der Waals surface area contributed by atoms with Crippen LogP contribution in [0.25, 0.3) is 5.57 Å². The summed E-state index contributed by atoms with van der Waals surface area (Å²) in [5.41, 5.74) is -0.662. The minimum absolute atomic E-state index is 0.00692. The zero-order chi connectivity index (χ0) is 32.0. The first-order valence-electron chi connectivity index (χ1n) is 13.1. The van der Waals surface area contributed by atoms with Crippen molar-refractivity contribution in [2.45, 2.75) is 38.5 Å². The summed E-state index contributed by atoms with van der Waals surface area (Å²) in [6.45, 7) is 0.903. The van der Waals surface area contributed by atoms with Crippen LogP contribution in [0.3, 0.4) is 0 Å². The molecule has 1 aromatic heterocycles. The third kappa shape index (κ3) is 6.04. The lowest BCUT2D eigenvalue weighted by atomic mass is 9.96. The molecular formula is C27H25ClF3N5O6S2. The van der Waals surface area contributed by atoms with Gasteiger partial charge in [-0.1, -0.05) is 35.1 Å². The Labute approximate surface area is 257 Å². The monoisotopic (exact) mass is 671 g/mol. The molecule has 2 aliphatic heterocycles.